The summed E-state index contributed by atoms with van der Waals surface area (Å²) in [7, 11) is 0. The molecule has 0 aliphatic rings. The lowest BCUT2D eigenvalue weighted by atomic mass is 9.92. The Labute approximate surface area is 188 Å². The van der Waals surface area contributed by atoms with Gasteiger partial charge in [-0.3, -0.25) is 14.8 Å². The summed E-state index contributed by atoms with van der Waals surface area (Å²) in [4.78, 5) is 20.6. The van der Waals surface area contributed by atoms with Crippen LogP contribution in [0.4, 0.5) is 13.2 Å². The molecule has 0 saturated heterocycles. The highest BCUT2D eigenvalue weighted by atomic mass is 35.5. The van der Waals surface area contributed by atoms with Gasteiger partial charge in [0.2, 0.25) is 0 Å². The number of alkyl halides is 3. The summed E-state index contributed by atoms with van der Waals surface area (Å²) in [5.74, 6) is -0.460. The van der Waals surface area contributed by atoms with Gasteiger partial charge in [0.1, 0.15) is 5.69 Å². The standard InChI is InChI=1S/C23H21ClF3N3O2/c1-13(14-4-7-20(29-11-14)23(25,26)27)30-21(31)16-8-15(9-17(10-16)22(2,3)32)19-6-5-18(24)12-28-19/h4-13,32H,1-3H3,(H,30,31)/t13-/m1/s1. The lowest BCUT2D eigenvalue weighted by Crippen LogP contribution is -2.27. The van der Waals surface area contributed by atoms with E-state index in [9.17, 15) is 23.1 Å². The summed E-state index contributed by atoms with van der Waals surface area (Å²) in [6, 6.07) is 9.83. The third-order valence-electron chi connectivity index (χ3n) is 4.85. The van der Waals surface area contributed by atoms with Crippen molar-refractivity contribution < 1.29 is 23.1 Å². The highest BCUT2D eigenvalue weighted by Crippen LogP contribution is 2.29. The quantitative estimate of drug-likeness (QED) is 0.521. The predicted octanol–water partition coefficient (Wildman–Crippen LogP) is 5.53. The van der Waals surface area contributed by atoms with Gasteiger partial charge in [-0.05, 0) is 68.3 Å². The molecule has 0 bridgehead atoms. The summed E-state index contributed by atoms with van der Waals surface area (Å²) >= 11 is 5.90. The lowest BCUT2D eigenvalue weighted by molar-refractivity contribution is -0.141. The number of halogens is 4. The van der Waals surface area contributed by atoms with Crippen LogP contribution in [0.2, 0.25) is 5.02 Å². The van der Waals surface area contributed by atoms with Gasteiger partial charge in [0, 0.05) is 23.5 Å². The maximum atomic E-state index is 12.9. The van der Waals surface area contributed by atoms with Crippen LogP contribution in [0, 0.1) is 0 Å². The van der Waals surface area contributed by atoms with E-state index in [-0.39, 0.29) is 5.56 Å². The Morgan fingerprint density at radius 3 is 2.31 bits per heavy atom. The molecule has 1 aromatic carbocycles. The minimum absolute atomic E-state index is 0.267. The molecule has 0 fully saturated rings. The number of aliphatic hydroxyl groups is 1. The number of pyridine rings is 2. The molecule has 0 spiro atoms. The van der Waals surface area contributed by atoms with Crippen LogP contribution in [-0.2, 0) is 11.8 Å². The zero-order chi connectivity index (χ0) is 23.7. The molecular weight excluding hydrogens is 443 g/mol. The monoisotopic (exact) mass is 463 g/mol. The van der Waals surface area contributed by atoms with Gasteiger partial charge < -0.3 is 10.4 Å². The van der Waals surface area contributed by atoms with Crippen LogP contribution in [0.3, 0.4) is 0 Å². The molecule has 32 heavy (non-hydrogen) atoms. The van der Waals surface area contributed by atoms with Crippen molar-refractivity contribution in [3.63, 3.8) is 0 Å². The van der Waals surface area contributed by atoms with Gasteiger partial charge in [-0.2, -0.15) is 13.2 Å². The molecule has 3 rings (SSSR count). The van der Waals surface area contributed by atoms with E-state index in [2.05, 4.69) is 15.3 Å². The van der Waals surface area contributed by atoms with Crippen LogP contribution in [-0.4, -0.2) is 21.0 Å². The SMILES string of the molecule is C[C@@H](NC(=O)c1cc(-c2ccc(Cl)cn2)cc(C(C)(C)O)c1)c1ccc(C(F)(F)F)nc1. The number of hydrogen-bond donors (Lipinski definition) is 2. The van der Waals surface area contributed by atoms with E-state index in [0.29, 0.717) is 27.4 Å². The van der Waals surface area contributed by atoms with Crippen molar-refractivity contribution in [2.24, 2.45) is 0 Å². The molecule has 2 N–H and O–H groups in total. The van der Waals surface area contributed by atoms with Crippen LogP contribution < -0.4 is 5.32 Å². The van der Waals surface area contributed by atoms with E-state index in [4.69, 9.17) is 11.6 Å². The van der Waals surface area contributed by atoms with E-state index in [0.717, 1.165) is 12.3 Å². The normalized spacial score (nSPS) is 13.0. The maximum Gasteiger partial charge on any atom is 0.433 e. The molecule has 168 valence electrons. The average Bonchev–Trinajstić information content (AvgIpc) is 2.72. The van der Waals surface area contributed by atoms with E-state index in [1.165, 1.54) is 12.3 Å². The fraction of sp³-hybridized carbons (Fsp3) is 0.261. The van der Waals surface area contributed by atoms with E-state index in [1.54, 1.807) is 51.1 Å². The van der Waals surface area contributed by atoms with Gasteiger partial charge in [0.05, 0.1) is 22.4 Å². The highest BCUT2D eigenvalue weighted by molar-refractivity contribution is 6.30. The van der Waals surface area contributed by atoms with Gasteiger partial charge >= 0.3 is 6.18 Å². The van der Waals surface area contributed by atoms with Crippen LogP contribution >= 0.6 is 11.6 Å². The van der Waals surface area contributed by atoms with Crippen molar-refractivity contribution in [1.82, 2.24) is 15.3 Å². The number of carbonyl (C=O) groups excluding carboxylic acids is 1. The van der Waals surface area contributed by atoms with Crippen LogP contribution in [0.1, 0.15) is 54.0 Å². The summed E-state index contributed by atoms with van der Waals surface area (Å²) < 4.78 is 38.2. The van der Waals surface area contributed by atoms with Crippen molar-refractivity contribution in [2.75, 3.05) is 0 Å². The van der Waals surface area contributed by atoms with E-state index >= 15 is 0 Å². The topological polar surface area (TPSA) is 75.1 Å². The van der Waals surface area contributed by atoms with Gasteiger partial charge in [-0.1, -0.05) is 17.7 Å². The van der Waals surface area contributed by atoms with Crippen molar-refractivity contribution in [2.45, 2.75) is 38.6 Å². The van der Waals surface area contributed by atoms with Gasteiger partial charge in [0.15, 0.2) is 0 Å². The van der Waals surface area contributed by atoms with E-state index in [1.807, 2.05) is 0 Å². The van der Waals surface area contributed by atoms with Crippen molar-refractivity contribution in [3.05, 3.63) is 82.3 Å². The van der Waals surface area contributed by atoms with E-state index < -0.39 is 29.4 Å². The second-order valence-electron chi connectivity index (χ2n) is 7.89. The predicted molar refractivity (Wildman–Crippen MR) is 115 cm³/mol. The Bertz CT molecular complexity index is 1110. The second-order valence-corrected chi connectivity index (χ2v) is 8.33. The summed E-state index contributed by atoms with van der Waals surface area (Å²) in [6.07, 6.45) is -1.97. The van der Waals surface area contributed by atoms with Crippen molar-refractivity contribution in [1.29, 1.82) is 0 Å². The lowest BCUT2D eigenvalue weighted by Gasteiger charge is -2.21. The largest absolute Gasteiger partial charge is 0.433 e. The second kappa shape index (κ2) is 8.88. The Kier molecular flexibility index (Phi) is 6.57. The summed E-state index contributed by atoms with van der Waals surface area (Å²) in [5.41, 5.74) is 0.136. The minimum Gasteiger partial charge on any atom is -0.386 e. The molecule has 0 saturated carbocycles. The molecular formula is C23H21ClF3N3O2. The smallest absolute Gasteiger partial charge is 0.386 e. The molecule has 3 aromatic rings. The first-order chi connectivity index (χ1) is 14.8. The Balaban J connectivity index is 1.89. The summed E-state index contributed by atoms with van der Waals surface area (Å²) in [6.45, 7) is 4.84. The molecule has 0 unspecified atom stereocenters. The number of nitrogens with zero attached hydrogens (tertiary/aromatic N) is 2. The number of nitrogens with one attached hydrogen (secondary N) is 1. The molecule has 0 radical (unpaired) electrons. The fourth-order valence-electron chi connectivity index (χ4n) is 3.00. The number of hydrogen-bond acceptors (Lipinski definition) is 4. The number of amides is 1. The highest BCUT2D eigenvalue weighted by Gasteiger charge is 2.32. The van der Waals surface area contributed by atoms with Crippen LogP contribution in [0.5, 0.6) is 0 Å². The zero-order valence-electron chi connectivity index (χ0n) is 17.5. The first-order valence-corrected chi connectivity index (χ1v) is 10.1. The van der Waals surface area contributed by atoms with Crippen molar-refractivity contribution >= 4 is 17.5 Å². The molecule has 0 aliphatic carbocycles. The molecule has 9 heteroatoms. The number of carbonyl (C=O) groups is 1. The zero-order valence-corrected chi connectivity index (χ0v) is 18.3. The third kappa shape index (κ3) is 5.63. The molecule has 0 aliphatic heterocycles. The number of rotatable bonds is 5. The van der Waals surface area contributed by atoms with Crippen molar-refractivity contribution in [3.8, 4) is 11.3 Å². The first kappa shape index (κ1) is 23.7. The number of benzene rings is 1. The number of aromatic nitrogens is 2. The third-order valence-corrected chi connectivity index (χ3v) is 5.07. The maximum absolute atomic E-state index is 12.9. The van der Waals surface area contributed by atoms with Gasteiger partial charge in [0.25, 0.3) is 5.91 Å². The summed E-state index contributed by atoms with van der Waals surface area (Å²) in [5, 5.41) is 13.7. The molecule has 5 nitrogen and oxygen atoms in total. The molecule has 2 aromatic heterocycles. The van der Waals surface area contributed by atoms with Gasteiger partial charge in [-0.15, -0.1) is 0 Å². The van der Waals surface area contributed by atoms with Crippen LogP contribution in [0.15, 0.2) is 54.9 Å². The Morgan fingerprint density at radius 1 is 1.06 bits per heavy atom. The molecule has 1 amide bonds. The molecule has 2 heterocycles. The fourth-order valence-corrected chi connectivity index (χ4v) is 3.11. The Morgan fingerprint density at radius 2 is 1.78 bits per heavy atom. The average molecular weight is 464 g/mol. The minimum atomic E-state index is -4.53. The first-order valence-electron chi connectivity index (χ1n) is 9.68. The van der Waals surface area contributed by atoms with Crippen LogP contribution in [0.25, 0.3) is 11.3 Å². The molecule has 1 atom stereocenters. The Hall–Kier alpha value is -2.97. The van der Waals surface area contributed by atoms with Gasteiger partial charge in [-0.25, -0.2) is 0 Å².